The van der Waals surface area contributed by atoms with Crippen LogP contribution in [0.2, 0.25) is 0 Å². The summed E-state index contributed by atoms with van der Waals surface area (Å²) in [5.74, 6) is -1.40. The van der Waals surface area contributed by atoms with E-state index in [1.165, 1.54) is 42.6 Å². The van der Waals surface area contributed by atoms with E-state index < -0.39 is 5.91 Å². The smallest absolute Gasteiger partial charge is 0.289 e. The number of nitrogens with zero attached hydrogens (tertiary/aromatic N) is 2. The molecule has 126 valence electrons. The first-order valence-electron chi connectivity index (χ1n) is 7.19. The van der Waals surface area contributed by atoms with Crippen LogP contribution in [0.3, 0.4) is 0 Å². The number of aromatic nitrogens is 2. The van der Waals surface area contributed by atoms with Gasteiger partial charge < -0.3 is 10.2 Å². The fourth-order valence-corrected chi connectivity index (χ4v) is 2.05. The molecule has 3 aromatic rings. The lowest BCUT2D eigenvalue weighted by molar-refractivity contribution is 0.0950. The number of aromatic amines is 1. The summed E-state index contributed by atoms with van der Waals surface area (Å²) in [6.07, 6.45) is 1.31. The standard InChI is InChI=1S/C17H13FN4O3/c18-12-4-2-11(3-5-12)13-8-14(21-20-13)17(25)22-19-9-10-1-6-15(23)16(24)7-10/h1-9,23-24H,(H,20,21)(H,22,25). The number of carbonyl (C=O) groups is 1. The number of carbonyl (C=O) groups excluding carboxylic acids is 1. The van der Waals surface area contributed by atoms with Crippen molar-refractivity contribution in [3.8, 4) is 22.8 Å². The molecule has 0 aliphatic carbocycles. The van der Waals surface area contributed by atoms with Gasteiger partial charge >= 0.3 is 0 Å². The first kappa shape index (κ1) is 16.2. The Bertz CT molecular complexity index is 935. The molecule has 1 heterocycles. The lowest BCUT2D eigenvalue weighted by Gasteiger charge is -1.99. The van der Waals surface area contributed by atoms with E-state index in [-0.39, 0.29) is 23.0 Å². The largest absolute Gasteiger partial charge is 0.504 e. The summed E-state index contributed by atoms with van der Waals surface area (Å²) >= 11 is 0. The van der Waals surface area contributed by atoms with Gasteiger partial charge in [-0.1, -0.05) is 0 Å². The Balaban J connectivity index is 1.66. The Morgan fingerprint density at radius 3 is 2.60 bits per heavy atom. The number of hydrazone groups is 1. The molecule has 4 N–H and O–H groups in total. The maximum Gasteiger partial charge on any atom is 0.289 e. The van der Waals surface area contributed by atoms with Gasteiger partial charge in [0.15, 0.2) is 11.5 Å². The number of rotatable bonds is 4. The molecule has 0 atom stereocenters. The third-order valence-corrected chi connectivity index (χ3v) is 3.34. The molecule has 0 saturated carbocycles. The quantitative estimate of drug-likeness (QED) is 0.332. The van der Waals surface area contributed by atoms with Gasteiger partial charge in [-0.2, -0.15) is 10.2 Å². The number of amides is 1. The molecule has 0 radical (unpaired) electrons. The fourth-order valence-electron chi connectivity index (χ4n) is 2.05. The Hall–Kier alpha value is -3.68. The van der Waals surface area contributed by atoms with Crippen LogP contribution in [0, 0.1) is 5.82 Å². The van der Waals surface area contributed by atoms with Crippen molar-refractivity contribution < 1.29 is 19.4 Å². The average molecular weight is 340 g/mol. The number of nitrogens with one attached hydrogen (secondary N) is 2. The van der Waals surface area contributed by atoms with Gasteiger partial charge in [-0.15, -0.1) is 0 Å². The number of phenols is 2. The van der Waals surface area contributed by atoms with Crippen LogP contribution in [-0.4, -0.2) is 32.5 Å². The highest BCUT2D eigenvalue weighted by molar-refractivity contribution is 5.94. The van der Waals surface area contributed by atoms with Crippen LogP contribution in [0.15, 0.2) is 53.6 Å². The normalized spacial score (nSPS) is 10.9. The number of hydrogen-bond acceptors (Lipinski definition) is 5. The number of halogens is 1. The molecular weight excluding hydrogens is 327 g/mol. The zero-order chi connectivity index (χ0) is 17.8. The zero-order valence-corrected chi connectivity index (χ0v) is 12.8. The number of aromatic hydroxyl groups is 2. The van der Waals surface area contributed by atoms with E-state index in [1.807, 2.05) is 0 Å². The van der Waals surface area contributed by atoms with Gasteiger partial charge in [-0.25, -0.2) is 9.82 Å². The van der Waals surface area contributed by atoms with E-state index in [0.717, 1.165) is 0 Å². The van der Waals surface area contributed by atoms with E-state index in [9.17, 15) is 19.4 Å². The van der Waals surface area contributed by atoms with Gasteiger partial charge in [0.1, 0.15) is 11.5 Å². The minimum absolute atomic E-state index is 0.185. The molecule has 7 nitrogen and oxygen atoms in total. The molecule has 0 saturated heterocycles. The topological polar surface area (TPSA) is 111 Å². The maximum atomic E-state index is 12.9. The molecule has 0 spiro atoms. The van der Waals surface area contributed by atoms with Crippen LogP contribution >= 0.6 is 0 Å². The lowest BCUT2D eigenvalue weighted by Crippen LogP contribution is -2.17. The minimum Gasteiger partial charge on any atom is -0.504 e. The predicted molar refractivity (Wildman–Crippen MR) is 88.8 cm³/mol. The second-order valence-corrected chi connectivity index (χ2v) is 5.12. The number of benzene rings is 2. The average Bonchev–Trinajstić information content (AvgIpc) is 3.09. The van der Waals surface area contributed by atoms with Gasteiger partial charge in [0.05, 0.1) is 11.9 Å². The van der Waals surface area contributed by atoms with Gasteiger partial charge in [-0.3, -0.25) is 9.89 Å². The van der Waals surface area contributed by atoms with Crippen molar-refractivity contribution >= 4 is 12.1 Å². The Labute approximate surface area is 141 Å². The second-order valence-electron chi connectivity index (χ2n) is 5.12. The van der Waals surface area contributed by atoms with E-state index in [0.29, 0.717) is 16.8 Å². The Morgan fingerprint density at radius 2 is 1.88 bits per heavy atom. The van der Waals surface area contributed by atoms with Crippen LogP contribution in [0.4, 0.5) is 4.39 Å². The molecule has 0 bridgehead atoms. The van der Waals surface area contributed by atoms with Crippen LogP contribution in [0.5, 0.6) is 11.5 Å². The number of phenolic OH excluding ortho intramolecular Hbond substituents is 2. The summed E-state index contributed by atoms with van der Waals surface area (Å²) in [5, 5.41) is 29.0. The summed E-state index contributed by atoms with van der Waals surface area (Å²) in [6.45, 7) is 0. The number of hydrogen-bond donors (Lipinski definition) is 4. The summed E-state index contributed by atoms with van der Waals surface area (Å²) in [6, 6.07) is 11.4. The van der Waals surface area contributed by atoms with Crippen molar-refractivity contribution in [1.82, 2.24) is 15.6 Å². The molecule has 0 aliphatic heterocycles. The molecule has 0 unspecified atom stereocenters. The van der Waals surface area contributed by atoms with Gasteiger partial charge in [0, 0.05) is 5.56 Å². The maximum absolute atomic E-state index is 12.9. The minimum atomic E-state index is -0.514. The monoisotopic (exact) mass is 340 g/mol. The van der Waals surface area contributed by atoms with Crippen LogP contribution in [0.1, 0.15) is 16.1 Å². The van der Waals surface area contributed by atoms with Gasteiger partial charge in [0.25, 0.3) is 5.91 Å². The van der Waals surface area contributed by atoms with Crippen molar-refractivity contribution in [2.24, 2.45) is 5.10 Å². The molecular formula is C17H13FN4O3. The third-order valence-electron chi connectivity index (χ3n) is 3.34. The van der Waals surface area contributed by atoms with Crippen molar-refractivity contribution in [2.75, 3.05) is 0 Å². The molecule has 1 aromatic heterocycles. The Morgan fingerprint density at radius 1 is 1.12 bits per heavy atom. The summed E-state index contributed by atoms with van der Waals surface area (Å²) in [5.41, 5.74) is 4.15. The molecule has 2 aromatic carbocycles. The van der Waals surface area contributed by atoms with Gasteiger partial charge in [-0.05, 0) is 54.1 Å². The van der Waals surface area contributed by atoms with Crippen molar-refractivity contribution in [3.63, 3.8) is 0 Å². The van der Waals surface area contributed by atoms with E-state index >= 15 is 0 Å². The molecule has 25 heavy (non-hydrogen) atoms. The fraction of sp³-hybridized carbons (Fsp3) is 0. The predicted octanol–water partition coefficient (Wildman–Crippen LogP) is 2.39. The SMILES string of the molecule is O=C(NN=Cc1ccc(O)c(O)c1)c1cc(-c2ccc(F)cc2)n[nH]1. The summed E-state index contributed by atoms with van der Waals surface area (Å²) in [4.78, 5) is 12.0. The van der Waals surface area contributed by atoms with Crippen molar-refractivity contribution in [3.05, 3.63) is 65.6 Å². The van der Waals surface area contributed by atoms with E-state index in [1.54, 1.807) is 12.1 Å². The van der Waals surface area contributed by atoms with E-state index in [4.69, 9.17) is 0 Å². The van der Waals surface area contributed by atoms with E-state index in [2.05, 4.69) is 20.7 Å². The first-order valence-corrected chi connectivity index (χ1v) is 7.19. The molecule has 0 fully saturated rings. The summed E-state index contributed by atoms with van der Waals surface area (Å²) in [7, 11) is 0. The molecule has 0 aliphatic rings. The third kappa shape index (κ3) is 3.81. The first-order chi connectivity index (χ1) is 12.0. The second kappa shape index (κ2) is 6.83. The highest BCUT2D eigenvalue weighted by atomic mass is 19.1. The van der Waals surface area contributed by atoms with Crippen LogP contribution in [-0.2, 0) is 0 Å². The zero-order valence-electron chi connectivity index (χ0n) is 12.8. The van der Waals surface area contributed by atoms with Crippen LogP contribution < -0.4 is 5.43 Å². The highest BCUT2D eigenvalue weighted by Crippen LogP contribution is 2.24. The number of H-pyrrole nitrogens is 1. The molecule has 8 heteroatoms. The van der Waals surface area contributed by atoms with Gasteiger partial charge in [0.2, 0.25) is 0 Å². The van der Waals surface area contributed by atoms with Crippen molar-refractivity contribution in [1.29, 1.82) is 0 Å². The molecule has 1 amide bonds. The van der Waals surface area contributed by atoms with Crippen LogP contribution in [0.25, 0.3) is 11.3 Å². The molecule has 3 rings (SSSR count). The highest BCUT2D eigenvalue weighted by Gasteiger charge is 2.10. The Kier molecular flexibility index (Phi) is 4.42. The lowest BCUT2D eigenvalue weighted by atomic mass is 10.1. The summed E-state index contributed by atoms with van der Waals surface area (Å²) < 4.78 is 12.9. The van der Waals surface area contributed by atoms with Crippen molar-refractivity contribution in [2.45, 2.75) is 0 Å².